The molecule has 0 aliphatic carbocycles. The summed E-state index contributed by atoms with van der Waals surface area (Å²) >= 11 is 0. The Morgan fingerprint density at radius 2 is 1.01 bits per heavy atom. The first kappa shape index (κ1) is 50.9. The van der Waals surface area contributed by atoms with Gasteiger partial charge in [-0.3, -0.25) is 0 Å². The first-order chi connectivity index (χ1) is 41.2. The van der Waals surface area contributed by atoms with E-state index >= 15 is 0 Å². The number of nitrogens with zero attached hydrogens (tertiary/aromatic N) is 4. The van der Waals surface area contributed by atoms with E-state index in [1.807, 2.05) is 37.1 Å². The van der Waals surface area contributed by atoms with Gasteiger partial charge in [-0.15, -0.1) is 53.4 Å². The predicted octanol–water partition coefficient (Wildman–Crippen LogP) is 17.6. The van der Waals surface area contributed by atoms with Gasteiger partial charge in [-0.25, -0.2) is 4.98 Å². The Morgan fingerprint density at radius 1 is 0.470 bits per heavy atom. The standard InChI is InChI=1S/C76H73N4OSi.Pt/c1-73(2,3)54-41-42-77-71(48-54)80-67-37-24-25-38-69(67)82(61-29-18-14-19-30-61,62-31-20-15-21-32-62)70-40-39-59(50-68(70)80)81-60-47-57(76(10,11)12)46-58(49-60)78-51-79(66-36-23-22-35-65(66)78)72-63(52-27-16-13-17-28-52)33-26-34-64(72)53-43-55(74(4,5)6)45-56(44-53)75(7,8)9;/h13-48,51H,1-12H3;/q-3;/i13D,16D,17D,27D,28D;. The second-order valence-electron chi connectivity index (χ2n) is 25.9. The summed E-state index contributed by atoms with van der Waals surface area (Å²) in [7, 11) is -3.06. The average Bonchev–Trinajstić information content (AvgIpc) is 0.784. The van der Waals surface area contributed by atoms with Crippen LogP contribution in [0.2, 0.25) is 0 Å². The molecule has 5 nitrogen and oxygen atoms in total. The Hall–Kier alpha value is -7.76. The molecule has 10 aromatic rings. The van der Waals surface area contributed by atoms with Gasteiger partial charge in [0.1, 0.15) is 13.9 Å². The van der Waals surface area contributed by atoms with E-state index in [2.05, 4.69) is 268 Å². The van der Waals surface area contributed by atoms with Crippen molar-refractivity contribution in [2.45, 2.75) is 105 Å². The van der Waals surface area contributed by atoms with Crippen LogP contribution >= 0.6 is 0 Å². The number of anilines is 7. The van der Waals surface area contributed by atoms with E-state index in [1.54, 1.807) is 0 Å². The van der Waals surface area contributed by atoms with Crippen molar-refractivity contribution in [3.05, 3.63) is 259 Å². The third-order valence-electron chi connectivity index (χ3n) is 16.2. The van der Waals surface area contributed by atoms with Gasteiger partial charge in [-0.1, -0.05) is 257 Å². The summed E-state index contributed by atoms with van der Waals surface area (Å²) in [6.07, 6.45) is 1.91. The van der Waals surface area contributed by atoms with Crippen LogP contribution < -0.4 is 40.2 Å². The van der Waals surface area contributed by atoms with Gasteiger partial charge in [0, 0.05) is 72.6 Å². The molecule has 0 bridgehead atoms. The smallest absolute Gasteiger partial charge is 0.135 e. The van der Waals surface area contributed by atoms with Crippen LogP contribution in [0.25, 0.3) is 22.3 Å². The summed E-state index contributed by atoms with van der Waals surface area (Å²) in [4.78, 5) is 11.6. The topological polar surface area (TPSA) is 31.8 Å². The second-order valence-corrected chi connectivity index (χ2v) is 29.6. The van der Waals surface area contributed by atoms with Crippen LogP contribution in [0.5, 0.6) is 11.5 Å². The zero-order valence-electron chi connectivity index (χ0n) is 54.5. The zero-order valence-corrected chi connectivity index (χ0v) is 52.8. The molecule has 7 heteroatoms. The number of benzene rings is 9. The largest absolute Gasteiger partial charge is 0.509 e. The molecular weight excluding hydrogens is 1210 g/mol. The van der Waals surface area contributed by atoms with Gasteiger partial charge in [0.2, 0.25) is 0 Å². The van der Waals surface area contributed by atoms with Crippen LogP contribution in [0.4, 0.5) is 39.9 Å². The minimum Gasteiger partial charge on any atom is -0.509 e. The molecule has 1 aromatic heterocycles. The van der Waals surface area contributed by atoms with Crippen LogP contribution in [-0.2, 0) is 42.7 Å². The molecule has 0 amide bonds. The Kier molecular flexibility index (Phi) is 13.4. The van der Waals surface area contributed by atoms with Crippen molar-refractivity contribution in [1.82, 2.24) is 4.98 Å². The zero-order chi connectivity index (χ0) is 61.7. The average molecular weight is 1290 g/mol. The maximum Gasteiger partial charge on any atom is 0.135 e. The molecule has 0 unspecified atom stereocenters. The Balaban J connectivity index is 0.00000800. The molecule has 2 aliphatic heterocycles. The molecule has 0 N–H and O–H groups in total. The fraction of sp³-hybridized carbons (Fsp3) is 0.211. The Labute approximate surface area is 516 Å². The number of fused-ring (bicyclic) bond motifs is 3. The summed E-state index contributed by atoms with van der Waals surface area (Å²) in [5, 5.41) is 4.92. The van der Waals surface area contributed by atoms with Crippen LogP contribution in [0, 0.1) is 18.8 Å². The summed E-state index contributed by atoms with van der Waals surface area (Å²) in [6.45, 7) is 28.6. The van der Waals surface area contributed by atoms with Gasteiger partial charge >= 0.3 is 0 Å². The number of rotatable bonds is 9. The molecular formula is C76H73N4OPtSi-3. The molecule has 0 saturated carbocycles. The number of hydrogen-bond donors (Lipinski definition) is 0. The predicted molar refractivity (Wildman–Crippen MR) is 347 cm³/mol. The van der Waals surface area contributed by atoms with E-state index in [4.69, 9.17) is 13.8 Å². The van der Waals surface area contributed by atoms with Crippen LogP contribution in [-0.4, -0.2) is 13.1 Å². The first-order valence-corrected chi connectivity index (χ1v) is 30.4. The molecule has 2 aliphatic rings. The minimum atomic E-state index is -3.06. The van der Waals surface area contributed by atoms with Gasteiger partial charge < -0.3 is 19.4 Å². The maximum atomic E-state index is 9.40. The molecule has 0 fully saturated rings. The van der Waals surface area contributed by atoms with Gasteiger partial charge in [0.25, 0.3) is 0 Å². The quantitative estimate of drug-likeness (QED) is 0.106. The van der Waals surface area contributed by atoms with Crippen molar-refractivity contribution in [3.63, 3.8) is 0 Å². The Morgan fingerprint density at radius 3 is 1.61 bits per heavy atom. The fourth-order valence-electron chi connectivity index (χ4n) is 11.7. The molecule has 0 saturated heterocycles. The normalized spacial score (nSPS) is 14.7. The number of ether oxygens (including phenoxy) is 1. The minimum absolute atomic E-state index is 0. The van der Waals surface area contributed by atoms with Crippen molar-refractivity contribution in [2.75, 3.05) is 14.7 Å². The molecule has 83 heavy (non-hydrogen) atoms. The van der Waals surface area contributed by atoms with E-state index in [-0.39, 0.29) is 60.4 Å². The van der Waals surface area contributed by atoms with Gasteiger partial charge in [-0.2, -0.15) is 6.07 Å². The van der Waals surface area contributed by atoms with E-state index in [0.29, 0.717) is 22.7 Å². The monoisotopic (exact) mass is 1290 g/mol. The molecule has 0 radical (unpaired) electrons. The van der Waals surface area contributed by atoms with E-state index < -0.39 is 26.2 Å². The fourth-order valence-corrected chi connectivity index (χ4v) is 16.7. The molecule has 0 atom stereocenters. The van der Waals surface area contributed by atoms with Crippen molar-refractivity contribution < 1.29 is 32.7 Å². The van der Waals surface area contributed by atoms with E-state index in [9.17, 15) is 2.74 Å². The Bertz CT molecular complexity index is 4220. The van der Waals surface area contributed by atoms with Crippen LogP contribution in [0.1, 0.15) is 112 Å². The SMILES string of the molecule is [2H]c1c([2H])c([2H])c(-c2cccc(-c3cc(C(C)(C)C)cc(C(C)(C)C)c3)c2N2[CH-]N(c3[c-]c(Oc4[c-]c5c(cc4)[Si](c4ccccc4)(c4ccccc4)c4ccccc4N5c4cc(C(C)(C)C)ccn4)cc(C(C)(C)C)c3)c3ccccc32)c([2H])c1[2H].[Pt]. The molecule has 0 spiro atoms. The summed E-state index contributed by atoms with van der Waals surface area (Å²) in [5.41, 5.74) is 11.0. The van der Waals surface area contributed by atoms with Gasteiger partial charge in [0.05, 0.1) is 6.85 Å². The van der Waals surface area contributed by atoms with Crippen molar-refractivity contribution in [2.24, 2.45) is 0 Å². The van der Waals surface area contributed by atoms with Gasteiger partial charge in [-0.05, 0) is 85.0 Å². The first-order valence-electron chi connectivity index (χ1n) is 30.9. The molecule has 12 rings (SSSR count). The summed E-state index contributed by atoms with van der Waals surface area (Å²) in [6, 6.07) is 70.3. The number of pyridine rings is 1. The number of aromatic nitrogens is 1. The van der Waals surface area contributed by atoms with Crippen LogP contribution in [0.15, 0.2) is 218 Å². The maximum absolute atomic E-state index is 9.40. The van der Waals surface area contributed by atoms with Crippen molar-refractivity contribution in [1.29, 1.82) is 0 Å². The molecule has 420 valence electrons. The van der Waals surface area contributed by atoms with Crippen molar-refractivity contribution >= 4 is 68.8 Å². The third kappa shape index (κ3) is 10.6. The van der Waals surface area contributed by atoms with E-state index in [0.717, 1.165) is 72.8 Å². The molecule has 9 aromatic carbocycles. The van der Waals surface area contributed by atoms with Crippen molar-refractivity contribution in [3.8, 4) is 33.8 Å². The molecule has 3 heterocycles. The summed E-state index contributed by atoms with van der Waals surface area (Å²) in [5.74, 6) is 1.80. The number of para-hydroxylation sites is 4. The number of hydrogen-bond acceptors (Lipinski definition) is 5. The third-order valence-corrected chi connectivity index (χ3v) is 21.0. The van der Waals surface area contributed by atoms with Gasteiger partial charge in [0.15, 0.2) is 0 Å². The summed E-state index contributed by atoms with van der Waals surface area (Å²) < 4.78 is 52.4. The second kappa shape index (κ2) is 21.8. The van der Waals surface area contributed by atoms with E-state index in [1.165, 1.54) is 15.6 Å². The van der Waals surface area contributed by atoms with Crippen LogP contribution in [0.3, 0.4) is 0 Å².